The van der Waals surface area contributed by atoms with Crippen molar-refractivity contribution in [2.75, 3.05) is 19.7 Å². The van der Waals surface area contributed by atoms with Crippen molar-refractivity contribution in [3.63, 3.8) is 0 Å². The van der Waals surface area contributed by atoms with Crippen molar-refractivity contribution in [3.8, 4) is 0 Å². The molecule has 1 atom stereocenters. The van der Waals surface area contributed by atoms with Gasteiger partial charge in [0.25, 0.3) is 11.5 Å². The molecule has 0 radical (unpaired) electrons. The van der Waals surface area contributed by atoms with E-state index >= 15 is 0 Å². The number of nitrogens with zero attached hydrogens (tertiary/aromatic N) is 2. The third-order valence-corrected chi connectivity index (χ3v) is 5.70. The van der Waals surface area contributed by atoms with Crippen molar-refractivity contribution in [3.05, 3.63) is 82.3 Å². The first-order valence-corrected chi connectivity index (χ1v) is 10.6. The van der Waals surface area contributed by atoms with E-state index in [2.05, 4.69) is 13.8 Å². The summed E-state index contributed by atoms with van der Waals surface area (Å²) < 4.78 is 7.63. The Morgan fingerprint density at radius 3 is 2.50 bits per heavy atom. The van der Waals surface area contributed by atoms with Crippen LogP contribution in [0, 0.1) is 5.92 Å². The number of rotatable bonds is 5. The summed E-state index contributed by atoms with van der Waals surface area (Å²) in [6.45, 7) is 6.42. The van der Waals surface area contributed by atoms with Crippen LogP contribution in [0.5, 0.6) is 0 Å². The van der Waals surface area contributed by atoms with E-state index in [-0.39, 0.29) is 17.6 Å². The minimum absolute atomic E-state index is 0.0352. The van der Waals surface area contributed by atoms with Gasteiger partial charge in [-0.3, -0.25) is 9.59 Å². The second kappa shape index (κ2) is 8.84. The number of ether oxygens (including phenoxy) is 1. The second-order valence-electron chi connectivity index (χ2n) is 8.29. The Hall–Kier alpha value is -2.92. The summed E-state index contributed by atoms with van der Waals surface area (Å²) in [4.78, 5) is 28.3. The molecule has 5 nitrogen and oxygen atoms in total. The number of fused-ring (bicyclic) bond motifs is 1. The highest BCUT2D eigenvalue weighted by Gasteiger charge is 2.27. The summed E-state index contributed by atoms with van der Waals surface area (Å²) in [6.07, 6.45) is 2.50. The van der Waals surface area contributed by atoms with Crippen molar-refractivity contribution < 1.29 is 9.53 Å². The lowest BCUT2D eigenvalue weighted by Crippen LogP contribution is -2.42. The zero-order chi connectivity index (χ0) is 21.1. The van der Waals surface area contributed by atoms with Gasteiger partial charge in [0.15, 0.2) is 0 Å². The monoisotopic (exact) mass is 404 g/mol. The largest absolute Gasteiger partial charge is 0.370 e. The van der Waals surface area contributed by atoms with E-state index in [1.54, 1.807) is 10.8 Å². The normalized spacial score (nSPS) is 16.9. The van der Waals surface area contributed by atoms with Crippen LogP contribution in [0.4, 0.5) is 0 Å². The van der Waals surface area contributed by atoms with Crippen molar-refractivity contribution in [2.45, 2.75) is 32.9 Å². The lowest BCUT2D eigenvalue weighted by Gasteiger charge is -2.33. The first kappa shape index (κ1) is 20.4. The van der Waals surface area contributed by atoms with Crippen LogP contribution in [-0.2, 0) is 11.3 Å². The number of hydrogen-bond acceptors (Lipinski definition) is 3. The second-order valence-corrected chi connectivity index (χ2v) is 8.29. The SMILES string of the molecule is CC(C)CCn1cc(C(=O)N2CCOC(c3ccccc3)C2)c2ccccc2c1=O. The van der Waals surface area contributed by atoms with Crippen LogP contribution < -0.4 is 5.56 Å². The fourth-order valence-electron chi connectivity index (χ4n) is 3.95. The van der Waals surface area contributed by atoms with Crippen LogP contribution >= 0.6 is 0 Å². The van der Waals surface area contributed by atoms with Crippen LogP contribution in [0.1, 0.15) is 42.3 Å². The van der Waals surface area contributed by atoms with Crippen molar-refractivity contribution in [1.82, 2.24) is 9.47 Å². The van der Waals surface area contributed by atoms with E-state index < -0.39 is 0 Å². The molecular formula is C25H28N2O3. The van der Waals surface area contributed by atoms with E-state index in [0.717, 1.165) is 17.4 Å². The molecule has 1 aliphatic rings. The number of pyridine rings is 1. The van der Waals surface area contributed by atoms with Crippen LogP contribution in [0.3, 0.4) is 0 Å². The smallest absolute Gasteiger partial charge is 0.258 e. The maximum atomic E-state index is 13.5. The number of carbonyl (C=O) groups excluding carboxylic acids is 1. The van der Waals surface area contributed by atoms with Gasteiger partial charge in [0, 0.05) is 30.1 Å². The summed E-state index contributed by atoms with van der Waals surface area (Å²) in [6, 6.07) is 17.4. The fourth-order valence-corrected chi connectivity index (χ4v) is 3.95. The van der Waals surface area contributed by atoms with Gasteiger partial charge >= 0.3 is 0 Å². The molecule has 1 aliphatic heterocycles. The molecule has 1 fully saturated rings. The lowest BCUT2D eigenvalue weighted by atomic mass is 10.0. The first-order valence-electron chi connectivity index (χ1n) is 10.6. The van der Waals surface area contributed by atoms with Crippen molar-refractivity contribution in [2.24, 2.45) is 5.92 Å². The van der Waals surface area contributed by atoms with Gasteiger partial charge in [-0.15, -0.1) is 0 Å². The molecule has 1 unspecified atom stereocenters. The fraction of sp³-hybridized carbons (Fsp3) is 0.360. The highest BCUT2D eigenvalue weighted by Crippen LogP contribution is 2.25. The third kappa shape index (κ3) is 4.17. The highest BCUT2D eigenvalue weighted by molar-refractivity contribution is 6.06. The molecule has 0 saturated carbocycles. The molecule has 3 aromatic rings. The topological polar surface area (TPSA) is 51.5 Å². The van der Waals surface area contributed by atoms with Gasteiger partial charge in [-0.1, -0.05) is 62.4 Å². The van der Waals surface area contributed by atoms with E-state index in [1.165, 1.54) is 0 Å². The molecule has 4 rings (SSSR count). The van der Waals surface area contributed by atoms with Gasteiger partial charge in [0.1, 0.15) is 6.10 Å². The molecule has 30 heavy (non-hydrogen) atoms. The Bertz CT molecular complexity index is 1090. The lowest BCUT2D eigenvalue weighted by molar-refractivity contribution is -0.0227. The minimum atomic E-state index is -0.137. The van der Waals surface area contributed by atoms with Gasteiger partial charge in [-0.2, -0.15) is 0 Å². The zero-order valence-electron chi connectivity index (χ0n) is 17.6. The Morgan fingerprint density at radius 1 is 1.07 bits per heavy atom. The molecule has 0 bridgehead atoms. The average molecular weight is 405 g/mol. The number of morpholine rings is 1. The van der Waals surface area contributed by atoms with Crippen molar-refractivity contribution >= 4 is 16.7 Å². The quantitative estimate of drug-likeness (QED) is 0.638. The summed E-state index contributed by atoms with van der Waals surface area (Å²) in [7, 11) is 0. The van der Waals surface area contributed by atoms with Gasteiger partial charge in [0.05, 0.1) is 18.7 Å². The summed E-state index contributed by atoms with van der Waals surface area (Å²) in [5.41, 5.74) is 1.62. The van der Waals surface area contributed by atoms with Crippen LogP contribution in [0.15, 0.2) is 65.6 Å². The van der Waals surface area contributed by atoms with Gasteiger partial charge in [0.2, 0.25) is 0 Å². The van der Waals surface area contributed by atoms with Crippen molar-refractivity contribution in [1.29, 1.82) is 0 Å². The van der Waals surface area contributed by atoms with E-state index in [1.807, 2.05) is 59.5 Å². The molecular weight excluding hydrogens is 376 g/mol. The van der Waals surface area contributed by atoms with Crippen LogP contribution in [0.25, 0.3) is 10.8 Å². The number of aryl methyl sites for hydroxylation is 1. The molecule has 0 aliphatic carbocycles. The number of hydrogen-bond donors (Lipinski definition) is 0. The third-order valence-electron chi connectivity index (χ3n) is 5.70. The highest BCUT2D eigenvalue weighted by atomic mass is 16.5. The molecule has 0 N–H and O–H groups in total. The average Bonchev–Trinajstić information content (AvgIpc) is 2.79. The summed E-state index contributed by atoms with van der Waals surface area (Å²) in [5.74, 6) is 0.433. The van der Waals surface area contributed by atoms with Gasteiger partial charge in [-0.05, 0) is 24.0 Å². The Balaban J connectivity index is 1.68. The van der Waals surface area contributed by atoms with E-state index in [0.29, 0.717) is 43.1 Å². The Morgan fingerprint density at radius 2 is 1.77 bits per heavy atom. The summed E-state index contributed by atoms with van der Waals surface area (Å²) >= 11 is 0. The van der Waals surface area contributed by atoms with E-state index in [9.17, 15) is 9.59 Å². The predicted molar refractivity (Wildman–Crippen MR) is 119 cm³/mol. The molecule has 1 amide bonds. The first-order chi connectivity index (χ1) is 14.5. The van der Waals surface area contributed by atoms with Crippen LogP contribution in [-0.4, -0.2) is 35.1 Å². The molecule has 5 heteroatoms. The predicted octanol–water partition coefficient (Wildman–Crippen LogP) is 4.26. The van der Waals surface area contributed by atoms with Gasteiger partial charge < -0.3 is 14.2 Å². The maximum absolute atomic E-state index is 13.5. The van der Waals surface area contributed by atoms with Crippen LogP contribution in [0.2, 0.25) is 0 Å². The molecule has 156 valence electrons. The molecule has 1 saturated heterocycles. The molecule has 2 aromatic carbocycles. The maximum Gasteiger partial charge on any atom is 0.258 e. The Kier molecular flexibility index (Phi) is 6.00. The molecule has 2 heterocycles. The number of amides is 1. The number of benzene rings is 2. The number of aromatic nitrogens is 1. The minimum Gasteiger partial charge on any atom is -0.370 e. The Labute approximate surface area is 176 Å². The molecule has 0 spiro atoms. The van der Waals surface area contributed by atoms with Gasteiger partial charge in [-0.25, -0.2) is 0 Å². The summed E-state index contributed by atoms with van der Waals surface area (Å²) in [5, 5.41) is 1.32. The van der Waals surface area contributed by atoms with E-state index in [4.69, 9.17) is 4.74 Å². The zero-order valence-corrected chi connectivity index (χ0v) is 17.6. The standard InChI is InChI=1S/C25H28N2O3/c1-18(2)12-13-26-16-22(20-10-6-7-11-21(20)24(26)28)25(29)27-14-15-30-23(17-27)19-8-4-3-5-9-19/h3-11,16,18,23H,12-15,17H2,1-2H3. The number of carbonyl (C=O) groups is 1. The molecule has 1 aromatic heterocycles.